The first-order chi connectivity index (χ1) is 8.74. The summed E-state index contributed by atoms with van der Waals surface area (Å²) in [5.74, 6) is 0.196. The van der Waals surface area contributed by atoms with E-state index in [0.717, 1.165) is 11.1 Å². The van der Waals surface area contributed by atoms with Crippen LogP contribution in [-0.4, -0.2) is 5.97 Å². The Bertz CT molecular complexity index is 556. The Morgan fingerprint density at radius 2 is 1.83 bits per heavy atom. The highest BCUT2D eigenvalue weighted by Gasteiger charge is 1.99. The number of carbonyl (C=O) groups excluding carboxylic acids is 1. The maximum absolute atomic E-state index is 11.6. The van der Waals surface area contributed by atoms with Crippen LogP contribution in [0.1, 0.15) is 11.1 Å². The largest absolute Gasteiger partial charge is 0.423 e. The van der Waals surface area contributed by atoms with Gasteiger partial charge in [-0.3, -0.25) is 0 Å². The quantitative estimate of drug-likeness (QED) is 0.464. The van der Waals surface area contributed by atoms with Crippen molar-refractivity contribution in [2.75, 3.05) is 0 Å². The van der Waals surface area contributed by atoms with E-state index >= 15 is 0 Å². The molecule has 0 aliphatic carbocycles. The van der Waals surface area contributed by atoms with E-state index < -0.39 is 0 Å². The third-order valence-corrected chi connectivity index (χ3v) is 2.42. The molecule has 0 saturated heterocycles. The van der Waals surface area contributed by atoms with Gasteiger partial charge in [0, 0.05) is 6.08 Å². The number of hydrogen-bond acceptors (Lipinski definition) is 2. The third kappa shape index (κ3) is 3.59. The zero-order chi connectivity index (χ0) is 12.8. The number of benzene rings is 2. The van der Waals surface area contributed by atoms with Crippen molar-refractivity contribution in [3.8, 4) is 5.75 Å². The molecular weight excluding hydrogens is 224 g/mol. The molecule has 0 fully saturated rings. The third-order valence-electron chi connectivity index (χ3n) is 2.42. The van der Waals surface area contributed by atoms with Crippen LogP contribution in [0.3, 0.4) is 0 Å². The van der Waals surface area contributed by atoms with Gasteiger partial charge in [-0.05, 0) is 36.3 Å². The number of esters is 1. The van der Waals surface area contributed by atoms with Crippen molar-refractivity contribution in [1.82, 2.24) is 0 Å². The molecule has 2 heteroatoms. The maximum Gasteiger partial charge on any atom is 0.336 e. The van der Waals surface area contributed by atoms with Gasteiger partial charge in [-0.15, -0.1) is 0 Å². The fraction of sp³-hybridized carbons (Fsp3) is 0.0625. The standard InChI is InChI=1S/C16H14O2/c1-13-6-5-9-15(12-13)18-16(17)11-10-14-7-3-2-4-8-14/h2-12H,1H3/b11-10-. The van der Waals surface area contributed by atoms with Crippen molar-refractivity contribution in [1.29, 1.82) is 0 Å². The molecule has 0 aromatic heterocycles. The van der Waals surface area contributed by atoms with Crippen LogP contribution in [0.2, 0.25) is 0 Å². The fourth-order valence-electron chi connectivity index (χ4n) is 1.56. The van der Waals surface area contributed by atoms with E-state index in [1.165, 1.54) is 6.08 Å². The molecule has 0 aliphatic rings. The van der Waals surface area contributed by atoms with Gasteiger partial charge in [-0.2, -0.15) is 0 Å². The molecule has 0 spiro atoms. The summed E-state index contributed by atoms with van der Waals surface area (Å²) in [5.41, 5.74) is 2.03. The second kappa shape index (κ2) is 5.82. The van der Waals surface area contributed by atoms with E-state index in [9.17, 15) is 4.79 Å². The lowest BCUT2D eigenvalue weighted by Gasteiger charge is -2.01. The molecule has 18 heavy (non-hydrogen) atoms. The SMILES string of the molecule is Cc1cccc(OC(=O)/C=C\c2ccccc2)c1. The molecule has 0 unspecified atom stereocenters. The summed E-state index contributed by atoms with van der Waals surface area (Å²) >= 11 is 0. The minimum atomic E-state index is -0.371. The molecule has 2 aromatic carbocycles. The molecule has 0 radical (unpaired) electrons. The average molecular weight is 238 g/mol. The van der Waals surface area contributed by atoms with E-state index in [1.807, 2.05) is 55.5 Å². The Kier molecular flexibility index (Phi) is 3.92. The molecular formula is C16H14O2. The van der Waals surface area contributed by atoms with Gasteiger partial charge in [-0.25, -0.2) is 4.79 Å². The van der Waals surface area contributed by atoms with Crippen molar-refractivity contribution < 1.29 is 9.53 Å². The molecule has 0 N–H and O–H groups in total. The smallest absolute Gasteiger partial charge is 0.336 e. The molecule has 0 saturated carbocycles. The van der Waals surface area contributed by atoms with Gasteiger partial charge in [0.25, 0.3) is 0 Å². The minimum Gasteiger partial charge on any atom is -0.423 e. The first-order valence-corrected chi connectivity index (χ1v) is 5.76. The van der Waals surface area contributed by atoms with Crippen molar-refractivity contribution in [2.24, 2.45) is 0 Å². The van der Waals surface area contributed by atoms with Crippen molar-refractivity contribution in [3.63, 3.8) is 0 Å². The number of carbonyl (C=O) groups is 1. The Hall–Kier alpha value is -2.35. The zero-order valence-electron chi connectivity index (χ0n) is 10.2. The van der Waals surface area contributed by atoms with Gasteiger partial charge in [-0.1, -0.05) is 42.5 Å². The number of ether oxygens (including phenoxy) is 1. The zero-order valence-corrected chi connectivity index (χ0v) is 10.2. The van der Waals surface area contributed by atoms with Gasteiger partial charge in [0.05, 0.1) is 0 Å². The summed E-state index contributed by atoms with van der Waals surface area (Å²) in [6.45, 7) is 1.96. The Morgan fingerprint density at radius 3 is 2.56 bits per heavy atom. The Labute approximate surface area is 107 Å². The van der Waals surface area contributed by atoms with E-state index in [-0.39, 0.29) is 5.97 Å². The predicted molar refractivity (Wildman–Crippen MR) is 72.3 cm³/mol. The molecule has 0 bridgehead atoms. The lowest BCUT2D eigenvalue weighted by Crippen LogP contribution is -2.03. The van der Waals surface area contributed by atoms with Crippen LogP contribution < -0.4 is 4.74 Å². The maximum atomic E-state index is 11.6. The van der Waals surface area contributed by atoms with Gasteiger partial charge in [0.15, 0.2) is 0 Å². The van der Waals surface area contributed by atoms with Crippen LogP contribution in [0.4, 0.5) is 0 Å². The normalized spacial score (nSPS) is 10.5. The lowest BCUT2D eigenvalue weighted by molar-refractivity contribution is -0.128. The second-order valence-electron chi connectivity index (χ2n) is 3.98. The van der Waals surface area contributed by atoms with E-state index in [1.54, 1.807) is 12.1 Å². The number of aryl methyl sites for hydroxylation is 1. The predicted octanol–water partition coefficient (Wildman–Crippen LogP) is 3.61. The molecule has 2 aromatic rings. The molecule has 0 aliphatic heterocycles. The summed E-state index contributed by atoms with van der Waals surface area (Å²) in [6, 6.07) is 17.0. The monoisotopic (exact) mass is 238 g/mol. The lowest BCUT2D eigenvalue weighted by atomic mass is 10.2. The van der Waals surface area contributed by atoms with Gasteiger partial charge < -0.3 is 4.74 Å². The van der Waals surface area contributed by atoms with Crippen LogP contribution in [0, 0.1) is 6.92 Å². The van der Waals surface area contributed by atoms with E-state index in [0.29, 0.717) is 5.75 Å². The summed E-state index contributed by atoms with van der Waals surface area (Å²) in [4.78, 5) is 11.6. The fourth-order valence-corrected chi connectivity index (χ4v) is 1.56. The van der Waals surface area contributed by atoms with Gasteiger partial charge >= 0.3 is 5.97 Å². The van der Waals surface area contributed by atoms with Crippen molar-refractivity contribution in [3.05, 3.63) is 71.8 Å². The topological polar surface area (TPSA) is 26.3 Å². The van der Waals surface area contributed by atoms with Gasteiger partial charge in [0.2, 0.25) is 0 Å². The summed E-state index contributed by atoms with van der Waals surface area (Å²) < 4.78 is 5.19. The van der Waals surface area contributed by atoms with Crippen LogP contribution in [-0.2, 0) is 4.79 Å². The van der Waals surface area contributed by atoms with Gasteiger partial charge in [0.1, 0.15) is 5.75 Å². The van der Waals surface area contributed by atoms with Crippen LogP contribution in [0.5, 0.6) is 5.75 Å². The molecule has 0 heterocycles. The summed E-state index contributed by atoms with van der Waals surface area (Å²) in [5, 5.41) is 0. The highest BCUT2D eigenvalue weighted by molar-refractivity contribution is 5.88. The highest BCUT2D eigenvalue weighted by atomic mass is 16.5. The van der Waals surface area contributed by atoms with Crippen LogP contribution >= 0.6 is 0 Å². The highest BCUT2D eigenvalue weighted by Crippen LogP contribution is 2.12. The summed E-state index contributed by atoms with van der Waals surface area (Å²) in [7, 11) is 0. The molecule has 2 rings (SSSR count). The molecule has 2 nitrogen and oxygen atoms in total. The Balaban J connectivity index is 1.99. The van der Waals surface area contributed by atoms with E-state index in [4.69, 9.17) is 4.74 Å². The second-order valence-corrected chi connectivity index (χ2v) is 3.98. The first-order valence-electron chi connectivity index (χ1n) is 5.76. The van der Waals surface area contributed by atoms with E-state index in [2.05, 4.69) is 0 Å². The van der Waals surface area contributed by atoms with Crippen molar-refractivity contribution in [2.45, 2.75) is 6.92 Å². The Morgan fingerprint density at radius 1 is 1.06 bits per heavy atom. The minimum absolute atomic E-state index is 0.371. The van der Waals surface area contributed by atoms with Crippen LogP contribution in [0.15, 0.2) is 60.7 Å². The van der Waals surface area contributed by atoms with Crippen molar-refractivity contribution >= 4 is 12.0 Å². The first kappa shape index (κ1) is 12.1. The molecule has 90 valence electrons. The summed E-state index contributed by atoms with van der Waals surface area (Å²) in [6.07, 6.45) is 3.16. The molecule has 0 atom stereocenters. The molecule has 0 amide bonds. The average Bonchev–Trinajstić information content (AvgIpc) is 2.38. The number of hydrogen-bond donors (Lipinski definition) is 0. The van der Waals surface area contributed by atoms with Crippen LogP contribution in [0.25, 0.3) is 6.08 Å². The number of rotatable bonds is 3.